The van der Waals surface area contributed by atoms with Gasteiger partial charge in [0.15, 0.2) is 0 Å². The second kappa shape index (κ2) is 6.89. The number of fused-ring (bicyclic) bond motifs is 1. The summed E-state index contributed by atoms with van der Waals surface area (Å²) in [6.07, 6.45) is 0. The minimum atomic E-state index is -0.0295. The van der Waals surface area contributed by atoms with Crippen LogP contribution in [-0.4, -0.2) is 11.9 Å². The normalized spacial score (nSPS) is 10.9. The second-order valence-corrected chi connectivity index (χ2v) is 6.77. The summed E-state index contributed by atoms with van der Waals surface area (Å²) in [5.74, 6) is 1.29. The lowest BCUT2D eigenvalue weighted by atomic mass is 10.0. The molecule has 1 aromatic heterocycles. The predicted octanol–water partition coefficient (Wildman–Crippen LogP) is 5.30. The van der Waals surface area contributed by atoms with Crippen molar-refractivity contribution in [2.24, 2.45) is 0 Å². The van der Waals surface area contributed by atoms with Crippen molar-refractivity contribution in [2.45, 2.75) is 6.92 Å². The van der Waals surface area contributed by atoms with Crippen molar-refractivity contribution >= 4 is 42.8 Å². The van der Waals surface area contributed by atoms with E-state index in [0.717, 1.165) is 15.4 Å². The Hall–Kier alpha value is -1.59. The zero-order valence-corrected chi connectivity index (χ0v) is 15.6. The van der Waals surface area contributed by atoms with E-state index in [1.54, 1.807) is 18.2 Å². The number of alkyl halides is 1. The maximum absolute atomic E-state index is 12.8. The molecule has 0 aliphatic rings. The summed E-state index contributed by atoms with van der Waals surface area (Å²) in [4.78, 5) is 12.8. The fourth-order valence-electron chi connectivity index (χ4n) is 2.48. The molecule has 0 amide bonds. The van der Waals surface area contributed by atoms with Gasteiger partial charge in [-0.3, -0.25) is 4.79 Å². The molecule has 0 radical (unpaired) electrons. The number of halogens is 2. The molecular weight excluding hydrogens is 424 g/mol. The van der Waals surface area contributed by atoms with E-state index in [1.807, 2.05) is 31.2 Å². The van der Waals surface area contributed by atoms with Crippen LogP contribution < -0.4 is 10.2 Å². The third-order valence-electron chi connectivity index (χ3n) is 3.52. The maximum Gasteiger partial charge on any atom is 0.200 e. The Bertz CT molecular complexity index is 899. The monoisotopic (exact) mass is 436 g/mol. The first-order valence-electron chi connectivity index (χ1n) is 7.12. The van der Waals surface area contributed by atoms with Gasteiger partial charge in [-0.2, -0.15) is 0 Å². The molecule has 3 rings (SSSR count). The summed E-state index contributed by atoms with van der Waals surface area (Å²) in [6, 6.07) is 12.9. The van der Waals surface area contributed by atoms with Gasteiger partial charge in [0.05, 0.1) is 17.6 Å². The molecule has 5 heteroatoms. The Kier molecular flexibility index (Phi) is 4.87. The first-order chi connectivity index (χ1) is 11.1. The summed E-state index contributed by atoms with van der Waals surface area (Å²) in [5, 5.41) is 1.30. The molecule has 0 saturated heterocycles. The van der Waals surface area contributed by atoms with Crippen LogP contribution in [0.25, 0.3) is 22.1 Å². The molecule has 0 atom stereocenters. The smallest absolute Gasteiger partial charge is 0.200 e. The topological polar surface area (TPSA) is 39.4 Å². The standard InChI is InChI=1S/C18H14Br2O3/c1-11-17(12-2-4-13(20)5-3-12)18(21)15-7-6-14(22-9-8-19)10-16(15)23-11/h2-7,10H,8-9H2,1H3. The van der Waals surface area contributed by atoms with Crippen LogP contribution >= 0.6 is 31.9 Å². The molecule has 3 nitrogen and oxygen atoms in total. The fraction of sp³-hybridized carbons (Fsp3) is 0.167. The lowest BCUT2D eigenvalue weighted by molar-refractivity contribution is 0.345. The molecule has 2 aromatic carbocycles. The number of hydrogen-bond acceptors (Lipinski definition) is 3. The first-order valence-corrected chi connectivity index (χ1v) is 9.04. The highest BCUT2D eigenvalue weighted by Gasteiger charge is 2.14. The van der Waals surface area contributed by atoms with Crippen molar-refractivity contribution in [2.75, 3.05) is 11.9 Å². The Morgan fingerprint density at radius 1 is 1.13 bits per heavy atom. The SMILES string of the molecule is Cc1oc2cc(OCCBr)ccc2c(=O)c1-c1ccc(Br)cc1. The van der Waals surface area contributed by atoms with Gasteiger partial charge >= 0.3 is 0 Å². The molecular formula is C18H14Br2O3. The Labute approximate surface area is 150 Å². The molecule has 0 spiro atoms. The lowest BCUT2D eigenvalue weighted by Gasteiger charge is -2.09. The number of aryl methyl sites for hydroxylation is 1. The van der Waals surface area contributed by atoms with E-state index in [-0.39, 0.29) is 5.43 Å². The molecule has 0 aliphatic heterocycles. The van der Waals surface area contributed by atoms with E-state index in [1.165, 1.54) is 0 Å². The minimum Gasteiger partial charge on any atom is -0.493 e. The average Bonchev–Trinajstić information content (AvgIpc) is 2.54. The summed E-state index contributed by atoms with van der Waals surface area (Å²) < 4.78 is 12.4. The average molecular weight is 438 g/mol. The highest BCUT2D eigenvalue weighted by molar-refractivity contribution is 9.10. The summed E-state index contributed by atoms with van der Waals surface area (Å²) in [6.45, 7) is 2.37. The summed E-state index contributed by atoms with van der Waals surface area (Å²) in [5.41, 5.74) is 1.96. The van der Waals surface area contributed by atoms with Gasteiger partial charge in [0, 0.05) is 15.9 Å². The maximum atomic E-state index is 12.8. The van der Waals surface area contributed by atoms with Gasteiger partial charge in [0.2, 0.25) is 5.43 Å². The zero-order valence-electron chi connectivity index (χ0n) is 12.4. The molecule has 0 saturated carbocycles. The molecule has 23 heavy (non-hydrogen) atoms. The van der Waals surface area contributed by atoms with E-state index in [0.29, 0.717) is 34.6 Å². The third-order valence-corrected chi connectivity index (χ3v) is 4.37. The highest BCUT2D eigenvalue weighted by Crippen LogP contribution is 2.27. The lowest BCUT2D eigenvalue weighted by Crippen LogP contribution is -2.07. The first kappa shape index (κ1) is 16.3. The van der Waals surface area contributed by atoms with Gasteiger partial charge in [-0.25, -0.2) is 0 Å². The van der Waals surface area contributed by atoms with Gasteiger partial charge in [-0.1, -0.05) is 44.0 Å². The molecule has 0 unspecified atom stereocenters. The van der Waals surface area contributed by atoms with Crippen LogP contribution in [-0.2, 0) is 0 Å². The minimum absolute atomic E-state index is 0.0295. The molecule has 0 N–H and O–H groups in total. The van der Waals surface area contributed by atoms with E-state index in [4.69, 9.17) is 9.15 Å². The molecule has 118 valence electrons. The Balaban J connectivity index is 2.14. The van der Waals surface area contributed by atoms with E-state index in [9.17, 15) is 4.79 Å². The van der Waals surface area contributed by atoms with E-state index < -0.39 is 0 Å². The molecule has 0 aliphatic carbocycles. The Morgan fingerprint density at radius 3 is 2.57 bits per heavy atom. The number of benzene rings is 2. The van der Waals surface area contributed by atoms with Crippen LogP contribution in [0.4, 0.5) is 0 Å². The molecule has 0 bridgehead atoms. The van der Waals surface area contributed by atoms with E-state index in [2.05, 4.69) is 31.9 Å². The fourth-order valence-corrected chi connectivity index (χ4v) is 2.91. The molecule has 0 fully saturated rings. The van der Waals surface area contributed by atoms with Crippen LogP contribution in [0.3, 0.4) is 0 Å². The van der Waals surface area contributed by atoms with Crippen molar-refractivity contribution in [1.82, 2.24) is 0 Å². The van der Waals surface area contributed by atoms with Gasteiger partial charge < -0.3 is 9.15 Å². The largest absolute Gasteiger partial charge is 0.493 e. The number of rotatable bonds is 4. The van der Waals surface area contributed by atoms with Crippen molar-refractivity contribution in [3.8, 4) is 16.9 Å². The van der Waals surface area contributed by atoms with Gasteiger partial charge in [0.25, 0.3) is 0 Å². The van der Waals surface area contributed by atoms with E-state index >= 15 is 0 Å². The van der Waals surface area contributed by atoms with Crippen molar-refractivity contribution < 1.29 is 9.15 Å². The predicted molar refractivity (Wildman–Crippen MR) is 99.6 cm³/mol. The van der Waals surface area contributed by atoms with Crippen LogP contribution in [0, 0.1) is 6.92 Å². The molecule has 3 aromatic rings. The summed E-state index contributed by atoms with van der Waals surface area (Å²) >= 11 is 6.72. The highest BCUT2D eigenvalue weighted by atomic mass is 79.9. The zero-order chi connectivity index (χ0) is 16.4. The van der Waals surface area contributed by atoms with Gasteiger partial charge in [0.1, 0.15) is 17.1 Å². The Morgan fingerprint density at radius 2 is 1.87 bits per heavy atom. The van der Waals surface area contributed by atoms with Crippen LogP contribution in [0.15, 0.2) is 56.1 Å². The number of hydrogen-bond donors (Lipinski definition) is 0. The van der Waals surface area contributed by atoms with Crippen molar-refractivity contribution in [3.05, 3.63) is 62.9 Å². The van der Waals surface area contributed by atoms with Gasteiger partial charge in [-0.15, -0.1) is 0 Å². The quantitative estimate of drug-likeness (QED) is 0.519. The van der Waals surface area contributed by atoms with Gasteiger partial charge in [-0.05, 0) is 36.8 Å². The van der Waals surface area contributed by atoms with Crippen molar-refractivity contribution in [1.29, 1.82) is 0 Å². The summed E-state index contributed by atoms with van der Waals surface area (Å²) in [7, 11) is 0. The van der Waals surface area contributed by atoms with Crippen LogP contribution in [0.2, 0.25) is 0 Å². The third kappa shape index (κ3) is 3.35. The second-order valence-electron chi connectivity index (χ2n) is 5.06. The van der Waals surface area contributed by atoms with Crippen LogP contribution in [0.1, 0.15) is 5.76 Å². The van der Waals surface area contributed by atoms with Crippen LogP contribution in [0.5, 0.6) is 5.75 Å². The molecule has 1 heterocycles. The van der Waals surface area contributed by atoms with Crippen molar-refractivity contribution in [3.63, 3.8) is 0 Å². The number of ether oxygens (including phenoxy) is 1.